The first-order valence-corrected chi connectivity index (χ1v) is 6.20. The topological polar surface area (TPSA) is 62.0 Å². The average Bonchev–Trinajstić information content (AvgIpc) is 2.35. The second-order valence-electron chi connectivity index (χ2n) is 5.04. The number of carbonyl (C=O) groups is 1. The predicted molar refractivity (Wildman–Crippen MR) is 78.4 cm³/mol. The van der Waals surface area contributed by atoms with Crippen LogP contribution in [0.5, 0.6) is 5.75 Å². The monoisotopic (exact) mass is 260 g/mol. The molecule has 1 rings (SSSR count). The Balaban J connectivity index is 2.80. The van der Waals surface area contributed by atoms with Gasteiger partial charge in [-0.05, 0) is 39.8 Å². The van der Waals surface area contributed by atoms with E-state index in [4.69, 9.17) is 0 Å². The van der Waals surface area contributed by atoms with Crippen molar-refractivity contribution in [3.63, 3.8) is 0 Å². The SMILES string of the molecule is CC(=O)C(C)N=CC(C)(C)N=Cc1ccccc1O. The molecular weight excluding hydrogens is 240 g/mol. The molecule has 19 heavy (non-hydrogen) atoms. The van der Waals surface area contributed by atoms with Crippen LogP contribution in [-0.4, -0.2) is 34.9 Å². The van der Waals surface area contributed by atoms with Crippen LogP contribution in [0, 0.1) is 0 Å². The highest BCUT2D eigenvalue weighted by atomic mass is 16.3. The molecule has 0 aliphatic heterocycles. The number of phenols is 1. The maximum absolute atomic E-state index is 11.1. The summed E-state index contributed by atoms with van der Waals surface area (Å²) in [6.45, 7) is 7.04. The summed E-state index contributed by atoms with van der Waals surface area (Å²) in [5.41, 5.74) is 0.134. The van der Waals surface area contributed by atoms with Gasteiger partial charge < -0.3 is 5.11 Å². The highest BCUT2D eigenvalue weighted by molar-refractivity contribution is 5.87. The Morgan fingerprint density at radius 3 is 2.58 bits per heavy atom. The number of hydrogen-bond donors (Lipinski definition) is 1. The van der Waals surface area contributed by atoms with Gasteiger partial charge in [0.1, 0.15) is 11.8 Å². The predicted octanol–water partition coefficient (Wildman–Crippen LogP) is 2.64. The van der Waals surface area contributed by atoms with E-state index in [1.807, 2.05) is 19.9 Å². The third-order valence-corrected chi connectivity index (χ3v) is 2.68. The lowest BCUT2D eigenvalue weighted by Crippen LogP contribution is -2.21. The maximum Gasteiger partial charge on any atom is 0.153 e. The van der Waals surface area contributed by atoms with Gasteiger partial charge in [-0.3, -0.25) is 14.8 Å². The number of hydrogen-bond acceptors (Lipinski definition) is 4. The zero-order chi connectivity index (χ0) is 14.5. The zero-order valence-corrected chi connectivity index (χ0v) is 11.8. The summed E-state index contributed by atoms with van der Waals surface area (Å²) in [6, 6.07) is 6.64. The van der Waals surface area contributed by atoms with E-state index in [0.717, 1.165) is 0 Å². The van der Waals surface area contributed by atoms with Gasteiger partial charge in [0.15, 0.2) is 5.78 Å². The molecule has 0 saturated heterocycles. The Bertz CT molecular complexity index is 505. The van der Waals surface area contributed by atoms with Crippen molar-refractivity contribution in [2.45, 2.75) is 39.3 Å². The molecule has 1 N–H and O–H groups in total. The summed E-state index contributed by atoms with van der Waals surface area (Å²) >= 11 is 0. The van der Waals surface area contributed by atoms with Crippen molar-refractivity contribution in [2.75, 3.05) is 0 Å². The first-order chi connectivity index (χ1) is 8.82. The smallest absolute Gasteiger partial charge is 0.153 e. The van der Waals surface area contributed by atoms with Gasteiger partial charge in [0, 0.05) is 18.0 Å². The number of Topliss-reactive ketones (excluding diaryl/α,β-unsaturated/α-hetero) is 1. The molecule has 0 amide bonds. The van der Waals surface area contributed by atoms with Crippen molar-refractivity contribution in [3.05, 3.63) is 29.8 Å². The normalized spacial score (nSPS) is 14.1. The Labute approximate surface area is 113 Å². The van der Waals surface area contributed by atoms with Crippen molar-refractivity contribution in [1.29, 1.82) is 0 Å². The highest BCUT2D eigenvalue weighted by Crippen LogP contribution is 2.14. The molecule has 0 aromatic heterocycles. The van der Waals surface area contributed by atoms with Crippen LogP contribution in [0.1, 0.15) is 33.3 Å². The Kier molecular flexibility index (Phi) is 4.98. The number of aromatic hydroxyl groups is 1. The molecule has 0 aliphatic carbocycles. The largest absolute Gasteiger partial charge is 0.507 e. The Morgan fingerprint density at radius 1 is 1.37 bits per heavy atom. The fraction of sp³-hybridized carbons (Fsp3) is 0.400. The third-order valence-electron chi connectivity index (χ3n) is 2.68. The molecule has 0 bridgehead atoms. The van der Waals surface area contributed by atoms with Gasteiger partial charge in [0.25, 0.3) is 0 Å². The molecule has 102 valence electrons. The van der Waals surface area contributed by atoms with E-state index < -0.39 is 5.54 Å². The fourth-order valence-corrected chi connectivity index (χ4v) is 1.27. The van der Waals surface area contributed by atoms with Gasteiger partial charge in [-0.25, -0.2) is 0 Å². The van der Waals surface area contributed by atoms with Gasteiger partial charge >= 0.3 is 0 Å². The second-order valence-corrected chi connectivity index (χ2v) is 5.04. The molecule has 1 unspecified atom stereocenters. The summed E-state index contributed by atoms with van der Waals surface area (Å²) < 4.78 is 0. The molecule has 0 aliphatic rings. The van der Waals surface area contributed by atoms with Crippen LogP contribution in [-0.2, 0) is 4.79 Å². The third kappa shape index (κ3) is 5.04. The number of nitrogens with zero attached hydrogens (tertiary/aromatic N) is 2. The zero-order valence-electron chi connectivity index (χ0n) is 11.8. The van der Waals surface area contributed by atoms with Crippen LogP contribution in [0.25, 0.3) is 0 Å². The summed E-state index contributed by atoms with van der Waals surface area (Å²) in [7, 11) is 0. The van der Waals surface area contributed by atoms with Crippen LogP contribution < -0.4 is 0 Å². The molecule has 0 radical (unpaired) electrons. The van der Waals surface area contributed by atoms with Crippen LogP contribution in [0.15, 0.2) is 34.3 Å². The van der Waals surface area contributed by atoms with E-state index in [1.54, 1.807) is 37.6 Å². The number of aliphatic imine (C=N–C) groups is 2. The van der Waals surface area contributed by atoms with E-state index in [1.165, 1.54) is 6.92 Å². The lowest BCUT2D eigenvalue weighted by atomic mass is 10.1. The fourth-order valence-electron chi connectivity index (χ4n) is 1.27. The van der Waals surface area contributed by atoms with Gasteiger partial charge in [-0.2, -0.15) is 0 Å². The van der Waals surface area contributed by atoms with Crippen molar-refractivity contribution in [1.82, 2.24) is 0 Å². The summed E-state index contributed by atoms with van der Waals surface area (Å²) in [5.74, 6) is 0.216. The van der Waals surface area contributed by atoms with Crippen molar-refractivity contribution >= 4 is 18.2 Å². The van der Waals surface area contributed by atoms with E-state index in [9.17, 15) is 9.90 Å². The molecule has 0 heterocycles. The van der Waals surface area contributed by atoms with Gasteiger partial charge in [-0.1, -0.05) is 12.1 Å². The Hall–Kier alpha value is -1.97. The summed E-state index contributed by atoms with van der Waals surface area (Å²) in [6.07, 6.45) is 3.27. The molecule has 0 saturated carbocycles. The quantitative estimate of drug-likeness (QED) is 0.827. The number of carbonyl (C=O) groups excluding carboxylic acids is 1. The minimum atomic E-state index is -0.522. The number of benzene rings is 1. The molecule has 0 spiro atoms. The minimum absolute atomic E-state index is 0.0248. The standard InChI is InChI=1S/C15H20N2O2/c1-11(12(2)18)16-10-15(3,4)17-9-13-7-5-6-8-14(13)19/h5-11,19H,1-4H3. The Morgan fingerprint density at radius 2 is 2.00 bits per heavy atom. The summed E-state index contributed by atoms with van der Waals surface area (Å²) in [4.78, 5) is 19.7. The van der Waals surface area contributed by atoms with E-state index in [2.05, 4.69) is 9.98 Å². The van der Waals surface area contributed by atoms with Gasteiger partial charge in [0.2, 0.25) is 0 Å². The number of rotatable bonds is 5. The maximum atomic E-state index is 11.1. The summed E-state index contributed by atoms with van der Waals surface area (Å²) in [5, 5.41) is 9.63. The number of ketones is 1. The van der Waals surface area contributed by atoms with Crippen molar-refractivity contribution in [2.24, 2.45) is 9.98 Å². The van der Waals surface area contributed by atoms with Crippen molar-refractivity contribution in [3.8, 4) is 5.75 Å². The molecule has 0 fully saturated rings. The van der Waals surface area contributed by atoms with E-state index in [-0.39, 0.29) is 17.6 Å². The number of phenolic OH excluding ortho intramolecular Hbond substituents is 1. The molecule has 4 nitrogen and oxygen atoms in total. The van der Waals surface area contributed by atoms with Gasteiger partial charge in [-0.15, -0.1) is 0 Å². The molecule has 4 heteroatoms. The van der Waals surface area contributed by atoms with Crippen LogP contribution in [0.2, 0.25) is 0 Å². The second kappa shape index (κ2) is 6.27. The van der Waals surface area contributed by atoms with Crippen molar-refractivity contribution < 1.29 is 9.90 Å². The average molecular weight is 260 g/mol. The molecule has 1 aromatic carbocycles. The van der Waals surface area contributed by atoms with E-state index >= 15 is 0 Å². The van der Waals surface area contributed by atoms with E-state index in [0.29, 0.717) is 5.56 Å². The molecular formula is C15H20N2O2. The first kappa shape index (κ1) is 15.1. The molecule has 1 atom stereocenters. The van der Waals surface area contributed by atoms with Crippen LogP contribution in [0.3, 0.4) is 0 Å². The first-order valence-electron chi connectivity index (χ1n) is 6.20. The highest BCUT2D eigenvalue weighted by Gasteiger charge is 2.13. The number of para-hydroxylation sites is 1. The lowest BCUT2D eigenvalue weighted by Gasteiger charge is -2.14. The van der Waals surface area contributed by atoms with Crippen LogP contribution in [0.4, 0.5) is 0 Å². The van der Waals surface area contributed by atoms with Gasteiger partial charge in [0.05, 0.1) is 5.54 Å². The van der Waals surface area contributed by atoms with Crippen LogP contribution >= 0.6 is 0 Å². The minimum Gasteiger partial charge on any atom is -0.507 e. The lowest BCUT2D eigenvalue weighted by molar-refractivity contribution is -0.117. The molecule has 1 aromatic rings.